The van der Waals surface area contributed by atoms with Crippen LogP contribution >= 0.6 is 15.9 Å². The van der Waals surface area contributed by atoms with Gasteiger partial charge in [-0.3, -0.25) is 0 Å². The number of nitrogens with two attached hydrogens (primary N) is 1. The van der Waals surface area contributed by atoms with Gasteiger partial charge in [-0.2, -0.15) is 0 Å². The Morgan fingerprint density at radius 1 is 1.07 bits per heavy atom. The van der Waals surface area contributed by atoms with E-state index in [1.165, 1.54) is 10.9 Å². The predicted molar refractivity (Wildman–Crippen MR) is 125 cm³/mol. The number of nitrogens with one attached hydrogen (secondary N) is 1. The Balaban J connectivity index is 1.97. The molecule has 0 bridgehead atoms. The number of pyridine rings is 1. The molecule has 0 spiro atoms. The van der Waals surface area contributed by atoms with Gasteiger partial charge in [0, 0.05) is 26.5 Å². The number of para-hydroxylation sites is 1. The van der Waals surface area contributed by atoms with Gasteiger partial charge < -0.3 is 15.5 Å². The van der Waals surface area contributed by atoms with Crippen molar-refractivity contribution in [2.75, 3.05) is 13.2 Å². The molecule has 0 radical (unpaired) electrons. The highest BCUT2D eigenvalue weighted by Gasteiger charge is 2.18. The average Bonchev–Trinajstić information content (AvgIpc) is 3.08. The minimum atomic E-state index is 0.619. The number of nitrogens with zero attached hydrogens (tertiary/aromatic N) is 1. The van der Waals surface area contributed by atoms with Crippen molar-refractivity contribution in [3.8, 4) is 17.0 Å². The van der Waals surface area contributed by atoms with Gasteiger partial charge >= 0.3 is 0 Å². The molecule has 0 aliphatic heterocycles. The first-order valence-corrected chi connectivity index (χ1v) is 11.0. The van der Waals surface area contributed by atoms with Crippen molar-refractivity contribution in [2.24, 2.45) is 5.73 Å². The number of benzene rings is 2. The average molecular weight is 452 g/mol. The standard InChI is InChI=1S/C24H26BrN3O/c1-3-29-21-13-12-18(19-11-10-15(2)27-24(19)21)22-16(7-4-5-14-26)17-8-6-9-20(25)23(17)28-22/h6,8-13,28H,3-5,7,14,26H2,1-2H3. The highest BCUT2D eigenvalue weighted by molar-refractivity contribution is 9.10. The van der Waals surface area contributed by atoms with Crippen molar-refractivity contribution in [1.29, 1.82) is 0 Å². The van der Waals surface area contributed by atoms with Gasteiger partial charge in [0.25, 0.3) is 0 Å². The molecule has 150 valence electrons. The highest BCUT2D eigenvalue weighted by Crippen LogP contribution is 2.39. The minimum absolute atomic E-state index is 0.619. The fourth-order valence-corrected chi connectivity index (χ4v) is 4.42. The summed E-state index contributed by atoms with van der Waals surface area (Å²) in [6.45, 7) is 5.35. The Morgan fingerprint density at radius 2 is 1.93 bits per heavy atom. The third-order valence-corrected chi connectivity index (χ3v) is 5.96. The van der Waals surface area contributed by atoms with Crippen molar-refractivity contribution < 1.29 is 4.74 Å². The van der Waals surface area contributed by atoms with E-state index in [1.54, 1.807) is 0 Å². The molecule has 0 unspecified atom stereocenters. The lowest BCUT2D eigenvalue weighted by molar-refractivity contribution is 0.343. The predicted octanol–water partition coefficient (Wildman–Crippen LogP) is 6.13. The molecular weight excluding hydrogens is 426 g/mol. The van der Waals surface area contributed by atoms with E-state index < -0.39 is 0 Å². The molecule has 5 heteroatoms. The summed E-state index contributed by atoms with van der Waals surface area (Å²) in [6, 6.07) is 14.8. The monoisotopic (exact) mass is 451 g/mol. The lowest BCUT2D eigenvalue weighted by atomic mass is 9.97. The molecule has 29 heavy (non-hydrogen) atoms. The van der Waals surface area contributed by atoms with Gasteiger partial charge in [-0.05, 0) is 85.4 Å². The molecule has 0 aliphatic carbocycles. The minimum Gasteiger partial charge on any atom is -0.492 e. The lowest BCUT2D eigenvalue weighted by Crippen LogP contribution is -2.00. The molecule has 0 atom stereocenters. The van der Waals surface area contributed by atoms with Crippen LogP contribution in [0.15, 0.2) is 46.9 Å². The van der Waals surface area contributed by atoms with E-state index >= 15 is 0 Å². The van der Waals surface area contributed by atoms with Crippen molar-refractivity contribution >= 4 is 37.7 Å². The van der Waals surface area contributed by atoms with E-state index in [0.29, 0.717) is 6.61 Å². The van der Waals surface area contributed by atoms with E-state index in [0.717, 1.165) is 69.4 Å². The second kappa shape index (κ2) is 8.56. The van der Waals surface area contributed by atoms with Crippen molar-refractivity contribution in [1.82, 2.24) is 9.97 Å². The maximum absolute atomic E-state index is 5.86. The third kappa shape index (κ3) is 3.77. The van der Waals surface area contributed by atoms with Crippen molar-refractivity contribution in [3.63, 3.8) is 0 Å². The number of rotatable bonds is 7. The van der Waals surface area contributed by atoms with Crippen LogP contribution in [0.1, 0.15) is 31.0 Å². The molecule has 2 aromatic heterocycles. The molecule has 2 aromatic carbocycles. The summed E-state index contributed by atoms with van der Waals surface area (Å²) in [6.07, 6.45) is 3.07. The first-order chi connectivity index (χ1) is 14.1. The fraction of sp³-hybridized carbons (Fsp3) is 0.292. The van der Waals surface area contributed by atoms with Crippen molar-refractivity contribution in [3.05, 3.63) is 58.2 Å². The molecule has 0 amide bonds. The Bertz CT molecular complexity index is 1170. The smallest absolute Gasteiger partial charge is 0.145 e. The number of aromatic amines is 1. The van der Waals surface area contributed by atoms with E-state index in [4.69, 9.17) is 15.5 Å². The van der Waals surface area contributed by atoms with Crippen LogP contribution in [-0.4, -0.2) is 23.1 Å². The molecular formula is C24H26BrN3O. The van der Waals surface area contributed by atoms with E-state index in [2.05, 4.69) is 57.3 Å². The molecule has 0 aliphatic rings. The first kappa shape index (κ1) is 19.9. The Hall–Kier alpha value is -2.37. The number of ether oxygens (including phenoxy) is 1. The van der Waals surface area contributed by atoms with Gasteiger partial charge in [-0.25, -0.2) is 4.98 Å². The second-order valence-electron chi connectivity index (χ2n) is 7.28. The van der Waals surface area contributed by atoms with Gasteiger partial charge in [-0.15, -0.1) is 0 Å². The quantitative estimate of drug-likeness (QED) is 0.332. The summed E-state index contributed by atoms with van der Waals surface area (Å²) in [5, 5.41) is 2.36. The zero-order chi connectivity index (χ0) is 20.4. The van der Waals surface area contributed by atoms with Crippen LogP contribution in [0.5, 0.6) is 5.75 Å². The van der Waals surface area contributed by atoms with Crippen LogP contribution in [0, 0.1) is 6.92 Å². The lowest BCUT2D eigenvalue weighted by Gasteiger charge is -2.12. The van der Waals surface area contributed by atoms with Crippen LogP contribution in [0.4, 0.5) is 0 Å². The first-order valence-electron chi connectivity index (χ1n) is 10.2. The summed E-state index contributed by atoms with van der Waals surface area (Å²) in [5.41, 5.74) is 12.4. The number of halogens is 1. The van der Waals surface area contributed by atoms with E-state index in [9.17, 15) is 0 Å². The molecule has 0 fully saturated rings. The largest absolute Gasteiger partial charge is 0.492 e. The topological polar surface area (TPSA) is 63.9 Å². The molecule has 4 rings (SSSR count). The molecule has 4 aromatic rings. The van der Waals surface area contributed by atoms with Crippen LogP contribution in [-0.2, 0) is 6.42 Å². The maximum atomic E-state index is 5.86. The number of aromatic nitrogens is 2. The summed E-state index contributed by atoms with van der Waals surface area (Å²) in [4.78, 5) is 8.48. The van der Waals surface area contributed by atoms with Gasteiger partial charge in [0.2, 0.25) is 0 Å². The Kier molecular flexibility index (Phi) is 5.88. The molecule has 0 saturated heterocycles. The van der Waals surface area contributed by atoms with Crippen LogP contribution in [0.25, 0.3) is 33.1 Å². The normalized spacial score (nSPS) is 11.4. The van der Waals surface area contributed by atoms with Gasteiger partial charge in [0.05, 0.1) is 17.8 Å². The third-order valence-electron chi connectivity index (χ3n) is 5.30. The SMILES string of the molecule is CCOc1ccc(-c2[nH]c3c(Br)cccc3c2CCCCN)c2ccc(C)nc12. The summed E-state index contributed by atoms with van der Waals surface area (Å²) < 4.78 is 6.93. The number of aryl methyl sites for hydroxylation is 2. The number of hydrogen-bond donors (Lipinski definition) is 2. The maximum Gasteiger partial charge on any atom is 0.145 e. The number of unbranched alkanes of at least 4 members (excludes halogenated alkanes) is 1. The highest BCUT2D eigenvalue weighted by atomic mass is 79.9. The summed E-state index contributed by atoms with van der Waals surface area (Å²) >= 11 is 3.71. The van der Waals surface area contributed by atoms with Crippen molar-refractivity contribution in [2.45, 2.75) is 33.1 Å². The molecule has 0 saturated carbocycles. The van der Waals surface area contributed by atoms with E-state index in [-0.39, 0.29) is 0 Å². The molecule has 4 nitrogen and oxygen atoms in total. The van der Waals surface area contributed by atoms with Crippen LogP contribution in [0.2, 0.25) is 0 Å². The Labute approximate surface area is 179 Å². The van der Waals surface area contributed by atoms with Crippen LogP contribution < -0.4 is 10.5 Å². The second-order valence-corrected chi connectivity index (χ2v) is 8.13. The van der Waals surface area contributed by atoms with Crippen LogP contribution in [0.3, 0.4) is 0 Å². The number of fused-ring (bicyclic) bond motifs is 2. The zero-order valence-electron chi connectivity index (χ0n) is 16.9. The fourth-order valence-electron chi connectivity index (χ4n) is 3.95. The van der Waals surface area contributed by atoms with E-state index in [1.807, 2.05) is 19.9 Å². The summed E-state index contributed by atoms with van der Waals surface area (Å²) in [5.74, 6) is 0.830. The number of H-pyrrole nitrogens is 1. The molecule has 2 heterocycles. The van der Waals surface area contributed by atoms with Gasteiger partial charge in [0.15, 0.2) is 0 Å². The summed E-state index contributed by atoms with van der Waals surface area (Å²) in [7, 11) is 0. The Morgan fingerprint density at radius 3 is 2.72 bits per heavy atom. The van der Waals surface area contributed by atoms with Gasteiger partial charge in [0.1, 0.15) is 11.3 Å². The van der Waals surface area contributed by atoms with Gasteiger partial charge in [-0.1, -0.05) is 18.2 Å². The molecule has 3 N–H and O–H groups in total. The number of hydrogen-bond acceptors (Lipinski definition) is 3. The zero-order valence-corrected chi connectivity index (χ0v) is 18.5.